The molecule has 0 atom stereocenters. The van der Waals surface area contributed by atoms with Crippen LogP contribution in [0.5, 0.6) is 5.75 Å². The number of benzene rings is 1. The molecule has 0 aliphatic rings. The normalized spacial score (nSPS) is 10.6. The summed E-state index contributed by atoms with van der Waals surface area (Å²) in [4.78, 5) is 18.6. The van der Waals surface area contributed by atoms with Crippen molar-refractivity contribution in [1.29, 1.82) is 0 Å². The highest BCUT2D eigenvalue weighted by atomic mass is 32.2. The minimum atomic E-state index is -0.0722. The van der Waals surface area contributed by atoms with Crippen molar-refractivity contribution >= 4 is 11.8 Å². The molecule has 1 aromatic carbocycles. The third-order valence-electron chi connectivity index (χ3n) is 3.20. The fraction of sp³-hybridized carbons (Fsp3) is 0.412. The van der Waals surface area contributed by atoms with Gasteiger partial charge < -0.3 is 9.72 Å². The Morgan fingerprint density at radius 2 is 2.00 bits per heavy atom. The molecule has 0 aliphatic carbocycles. The second-order valence-corrected chi connectivity index (χ2v) is 6.20. The lowest BCUT2D eigenvalue weighted by Gasteiger charge is -2.06. The number of nitrogens with zero attached hydrogens (tertiary/aromatic N) is 1. The first-order valence-electron chi connectivity index (χ1n) is 7.60. The number of aryl methyl sites for hydroxylation is 2. The zero-order chi connectivity index (χ0) is 15.8. The van der Waals surface area contributed by atoms with E-state index in [1.165, 1.54) is 5.56 Å². The summed E-state index contributed by atoms with van der Waals surface area (Å²) in [5.74, 6) is 1.84. The van der Waals surface area contributed by atoms with Gasteiger partial charge in [0.1, 0.15) is 5.75 Å². The molecule has 5 heteroatoms. The minimum absolute atomic E-state index is 0.0722. The highest BCUT2D eigenvalue weighted by Gasteiger charge is 2.01. The van der Waals surface area contributed by atoms with Crippen molar-refractivity contribution in [2.24, 2.45) is 0 Å². The van der Waals surface area contributed by atoms with E-state index < -0.39 is 0 Å². The van der Waals surface area contributed by atoms with Crippen molar-refractivity contribution < 1.29 is 4.74 Å². The number of H-pyrrole nitrogens is 1. The van der Waals surface area contributed by atoms with E-state index in [4.69, 9.17) is 4.74 Å². The number of unbranched alkanes of at least 4 members (excludes halogenated alkanes) is 1. The van der Waals surface area contributed by atoms with E-state index in [2.05, 4.69) is 16.9 Å². The summed E-state index contributed by atoms with van der Waals surface area (Å²) in [6.45, 7) is 4.77. The Hall–Kier alpha value is -1.75. The maximum absolute atomic E-state index is 11.5. The number of ether oxygens (including phenoxy) is 1. The second kappa shape index (κ2) is 8.63. The molecular weight excluding hydrogens is 296 g/mol. The standard InChI is InChI=1S/C17H22N2O2S/c1-3-14-12-16(20)19-17(18-14)22-11-5-4-10-21-15-8-6-13(2)7-9-15/h6-9,12H,3-5,10-11H2,1-2H3,(H,18,19,20). The topological polar surface area (TPSA) is 55.0 Å². The number of thioether (sulfide) groups is 1. The Bertz CT molecular complexity index is 638. The molecule has 1 heterocycles. The summed E-state index contributed by atoms with van der Waals surface area (Å²) in [6.07, 6.45) is 2.79. The predicted octanol–water partition coefficient (Wildman–Crippen LogP) is 3.59. The van der Waals surface area contributed by atoms with E-state index >= 15 is 0 Å². The van der Waals surface area contributed by atoms with Crippen molar-refractivity contribution in [3.8, 4) is 5.75 Å². The molecule has 0 saturated carbocycles. The molecule has 0 saturated heterocycles. The van der Waals surface area contributed by atoms with Gasteiger partial charge >= 0.3 is 0 Å². The number of nitrogens with one attached hydrogen (secondary N) is 1. The predicted molar refractivity (Wildman–Crippen MR) is 90.9 cm³/mol. The van der Waals surface area contributed by atoms with E-state index in [9.17, 15) is 4.79 Å². The summed E-state index contributed by atoms with van der Waals surface area (Å²) in [5.41, 5.74) is 2.01. The van der Waals surface area contributed by atoms with Crippen LogP contribution < -0.4 is 10.3 Å². The third-order valence-corrected chi connectivity index (χ3v) is 4.16. The lowest BCUT2D eigenvalue weighted by molar-refractivity contribution is 0.310. The van der Waals surface area contributed by atoms with Crippen LogP contribution in [0.2, 0.25) is 0 Å². The Morgan fingerprint density at radius 1 is 1.23 bits per heavy atom. The maximum Gasteiger partial charge on any atom is 0.251 e. The van der Waals surface area contributed by atoms with Gasteiger partial charge in [-0.05, 0) is 38.3 Å². The fourth-order valence-corrected chi connectivity index (χ4v) is 2.83. The zero-order valence-corrected chi connectivity index (χ0v) is 13.9. The smallest absolute Gasteiger partial charge is 0.251 e. The molecule has 0 spiro atoms. The fourth-order valence-electron chi connectivity index (χ4n) is 1.93. The van der Waals surface area contributed by atoms with Crippen LogP contribution in [0.1, 0.15) is 31.0 Å². The van der Waals surface area contributed by atoms with Crippen LogP contribution in [0.3, 0.4) is 0 Å². The van der Waals surface area contributed by atoms with E-state index in [1.807, 2.05) is 31.2 Å². The van der Waals surface area contributed by atoms with Gasteiger partial charge in [0.15, 0.2) is 5.16 Å². The molecule has 0 aliphatic heterocycles. The van der Waals surface area contributed by atoms with Crippen molar-refractivity contribution in [2.45, 2.75) is 38.3 Å². The molecular formula is C17H22N2O2S. The molecule has 0 radical (unpaired) electrons. The average molecular weight is 318 g/mol. The lowest BCUT2D eigenvalue weighted by Crippen LogP contribution is -2.09. The van der Waals surface area contributed by atoms with Crippen LogP contribution in [0.25, 0.3) is 0 Å². The SMILES string of the molecule is CCc1cc(=O)[nH]c(SCCCCOc2ccc(C)cc2)n1. The molecule has 0 amide bonds. The van der Waals surface area contributed by atoms with Crippen LogP contribution in [0, 0.1) is 6.92 Å². The first-order chi connectivity index (χ1) is 10.7. The highest BCUT2D eigenvalue weighted by molar-refractivity contribution is 7.99. The Kier molecular flexibility index (Phi) is 6.52. The van der Waals surface area contributed by atoms with Crippen molar-refractivity contribution in [3.05, 3.63) is 51.9 Å². The van der Waals surface area contributed by atoms with Crippen molar-refractivity contribution in [1.82, 2.24) is 9.97 Å². The second-order valence-electron chi connectivity index (χ2n) is 5.11. The monoisotopic (exact) mass is 318 g/mol. The van der Waals surface area contributed by atoms with E-state index in [-0.39, 0.29) is 5.56 Å². The molecule has 1 N–H and O–H groups in total. The number of hydrogen-bond acceptors (Lipinski definition) is 4. The summed E-state index contributed by atoms with van der Waals surface area (Å²) >= 11 is 1.59. The van der Waals surface area contributed by atoms with Gasteiger partial charge in [0.2, 0.25) is 0 Å². The van der Waals surface area contributed by atoms with Crippen molar-refractivity contribution in [3.63, 3.8) is 0 Å². The molecule has 0 fully saturated rings. The molecule has 2 aromatic rings. The summed E-state index contributed by atoms with van der Waals surface area (Å²) in [7, 11) is 0. The van der Waals surface area contributed by atoms with Crippen LogP contribution >= 0.6 is 11.8 Å². The van der Waals surface area contributed by atoms with Crippen LogP contribution in [0.4, 0.5) is 0 Å². The first kappa shape index (κ1) is 16.6. The van der Waals surface area contributed by atoms with Gasteiger partial charge in [0.05, 0.1) is 6.61 Å². The third kappa shape index (κ3) is 5.56. The van der Waals surface area contributed by atoms with Gasteiger partial charge in [0.25, 0.3) is 5.56 Å². The lowest BCUT2D eigenvalue weighted by atomic mass is 10.2. The van der Waals surface area contributed by atoms with Crippen LogP contribution in [-0.2, 0) is 6.42 Å². The number of aromatic nitrogens is 2. The van der Waals surface area contributed by atoms with Gasteiger partial charge in [-0.25, -0.2) is 4.98 Å². The summed E-state index contributed by atoms with van der Waals surface area (Å²) < 4.78 is 5.69. The molecule has 0 bridgehead atoms. The van der Waals surface area contributed by atoms with E-state index in [0.717, 1.165) is 36.5 Å². The van der Waals surface area contributed by atoms with Gasteiger partial charge in [0, 0.05) is 17.5 Å². The maximum atomic E-state index is 11.5. The molecule has 118 valence electrons. The number of rotatable bonds is 8. The Morgan fingerprint density at radius 3 is 2.73 bits per heavy atom. The summed E-state index contributed by atoms with van der Waals surface area (Å²) in [5, 5.41) is 0.712. The largest absolute Gasteiger partial charge is 0.494 e. The Labute approximate surface area is 135 Å². The van der Waals surface area contributed by atoms with Crippen LogP contribution in [0.15, 0.2) is 40.3 Å². The molecule has 0 unspecified atom stereocenters. The average Bonchev–Trinajstić information content (AvgIpc) is 2.52. The quantitative estimate of drug-likeness (QED) is 0.459. The van der Waals surface area contributed by atoms with Crippen LogP contribution in [-0.4, -0.2) is 22.3 Å². The van der Waals surface area contributed by atoms with E-state index in [1.54, 1.807) is 17.8 Å². The number of hydrogen-bond donors (Lipinski definition) is 1. The molecule has 1 aromatic heterocycles. The highest BCUT2D eigenvalue weighted by Crippen LogP contribution is 2.15. The molecule has 2 rings (SSSR count). The van der Waals surface area contributed by atoms with Gasteiger partial charge in [-0.2, -0.15) is 0 Å². The molecule has 4 nitrogen and oxygen atoms in total. The summed E-state index contributed by atoms with van der Waals surface area (Å²) in [6, 6.07) is 9.64. The van der Waals surface area contributed by atoms with Crippen molar-refractivity contribution in [2.75, 3.05) is 12.4 Å². The van der Waals surface area contributed by atoms with Gasteiger partial charge in [-0.15, -0.1) is 0 Å². The Balaban J connectivity index is 1.66. The minimum Gasteiger partial charge on any atom is -0.494 e. The first-order valence-corrected chi connectivity index (χ1v) is 8.58. The molecule has 22 heavy (non-hydrogen) atoms. The zero-order valence-electron chi connectivity index (χ0n) is 13.1. The van der Waals surface area contributed by atoms with Gasteiger partial charge in [-0.1, -0.05) is 36.4 Å². The van der Waals surface area contributed by atoms with E-state index in [0.29, 0.717) is 11.8 Å². The van der Waals surface area contributed by atoms with Gasteiger partial charge in [-0.3, -0.25) is 4.79 Å². The number of aromatic amines is 1.